The van der Waals surface area contributed by atoms with E-state index in [0.29, 0.717) is 38.3 Å². The molecule has 1 unspecified atom stereocenters. The highest BCUT2D eigenvalue weighted by molar-refractivity contribution is 5.84. The molecule has 0 aromatic heterocycles. The zero-order valence-corrected chi connectivity index (χ0v) is 20.7. The molecule has 0 fully saturated rings. The molecule has 11 heteroatoms. The van der Waals surface area contributed by atoms with Gasteiger partial charge in [0.15, 0.2) is 0 Å². The van der Waals surface area contributed by atoms with Crippen LogP contribution in [0.15, 0.2) is 66.7 Å². The third kappa shape index (κ3) is 7.30. The predicted octanol–water partition coefficient (Wildman–Crippen LogP) is 5.44. The van der Waals surface area contributed by atoms with Crippen LogP contribution in [-0.4, -0.2) is 35.5 Å². The number of rotatable bonds is 9. The van der Waals surface area contributed by atoms with Crippen LogP contribution >= 0.6 is 0 Å². The maximum atomic E-state index is 13.2. The van der Waals surface area contributed by atoms with Crippen molar-refractivity contribution < 1.29 is 36.2 Å². The summed E-state index contributed by atoms with van der Waals surface area (Å²) in [6, 6.07) is 14.8. The summed E-state index contributed by atoms with van der Waals surface area (Å²) in [4.78, 5) is 15.1. The molecule has 0 bridgehead atoms. The first-order chi connectivity index (χ1) is 18.4. The monoisotopic (exact) mass is 551 g/mol. The fourth-order valence-corrected chi connectivity index (χ4v) is 4.62. The molecule has 0 saturated carbocycles. The first-order valence-electron chi connectivity index (χ1n) is 12.3. The zero-order chi connectivity index (χ0) is 28.2. The summed E-state index contributed by atoms with van der Waals surface area (Å²) in [6.45, 7) is 1.71. The Morgan fingerprint density at radius 2 is 1.51 bits per heavy atom. The molecule has 1 aliphatic heterocycles. The Labute approximate surface area is 221 Å². The lowest BCUT2D eigenvalue weighted by Crippen LogP contribution is -2.39. The summed E-state index contributed by atoms with van der Waals surface area (Å²) < 4.78 is 79.2. The molecule has 0 spiro atoms. The van der Waals surface area contributed by atoms with Gasteiger partial charge in [0.05, 0.1) is 11.1 Å². The second kappa shape index (κ2) is 11.7. The van der Waals surface area contributed by atoms with E-state index >= 15 is 0 Å². The van der Waals surface area contributed by atoms with Crippen LogP contribution in [0.2, 0.25) is 0 Å². The number of carbonyl (C=O) groups excluding carboxylic acids is 1. The topological polar surface area (TPSA) is 64.6 Å². The van der Waals surface area contributed by atoms with Gasteiger partial charge in [0, 0.05) is 26.2 Å². The van der Waals surface area contributed by atoms with Gasteiger partial charge in [0.25, 0.3) is 0 Å². The molecule has 3 aromatic rings. The number of halogens is 6. The molecular formula is C28H27F6N3O2. The average Bonchev–Trinajstić information content (AvgIpc) is 3.25. The molecule has 3 aromatic carbocycles. The van der Waals surface area contributed by atoms with Gasteiger partial charge < -0.3 is 15.7 Å². The van der Waals surface area contributed by atoms with Crippen molar-refractivity contribution in [3.63, 3.8) is 0 Å². The Bertz CT molecular complexity index is 1260. The Kier molecular flexibility index (Phi) is 8.51. The van der Waals surface area contributed by atoms with E-state index in [0.717, 1.165) is 23.1 Å². The minimum absolute atomic E-state index is 0.0644. The Morgan fingerprint density at radius 3 is 2.15 bits per heavy atom. The fraction of sp³-hybridized carbons (Fsp3) is 0.321. The van der Waals surface area contributed by atoms with E-state index in [4.69, 9.17) is 0 Å². The molecule has 208 valence electrons. The molecule has 1 amide bonds. The Hall–Kier alpha value is -3.57. The summed E-state index contributed by atoms with van der Waals surface area (Å²) in [6.07, 6.45) is -9.19. The molecule has 0 radical (unpaired) electrons. The molecule has 1 atom stereocenters. The van der Waals surface area contributed by atoms with E-state index in [1.807, 2.05) is 29.2 Å². The number of hydrogen-bond acceptors (Lipinski definition) is 4. The first-order valence-corrected chi connectivity index (χ1v) is 12.3. The highest BCUT2D eigenvalue weighted by Gasteiger charge is 2.38. The number of nitrogens with zero attached hydrogens (tertiary/aromatic N) is 1. The predicted molar refractivity (Wildman–Crippen MR) is 133 cm³/mol. The number of aromatic hydroxyl groups is 1. The Morgan fingerprint density at radius 1 is 0.872 bits per heavy atom. The molecule has 0 aliphatic carbocycles. The number of amides is 1. The van der Waals surface area contributed by atoms with Crippen LogP contribution in [0.3, 0.4) is 0 Å². The van der Waals surface area contributed by atoms with Crippen LogP contribution in [0.1, 0.15) is 39.4 Å². The maximum absolute atomic E-state index is 13.2. The minimum atomic E-state index is -4.96. The lowest BCUT2D eigenvalue weighted by molar-refractivity contribution is -0.143. The smallest absolute Gasteiger partial charge is 0.416 e. The largest absolute Gasteiger partial charge is 0.508 e. The number of alkyl halides is 6. The zero-order valence-electron chi connectivity index (χ0n) is 20.7. The van der Waals surface area contributed by atoms with Crippen molar-refractivity contribution in [2.75, 3.05) is 19.6 Å². The molecule has 3 N–H and O–H groups in total. The van der Waals surface area contributed by atoms with E-state index in [1.54, 1.807) is 24.3 Å². The normalized spacial score (nSPS) is 15.8. The lowest BCUT2D eigenvalue weighted by Gasteiger charge is -2.24. The number of phenolic OH excluding ortho intramolecular Hbond substituents is 1. The van der Waals surface area contributed by atoms with E-state index in [9.17, 15) is 36.2 Å². The number of nitrogens with one attached hydrogen (secondary N) is 2. The summed E-state index contributed by atoms with van der Waals surface area (Å²) in [5.41, 5.74) is -0.409. The number of fused-ring (bicyclic) bond motifs is 1. The standard InChI is InChI=1S/C28H27F6N3O2/c29-27(30,31)21-13-19(14-22(15-21)28(32,33)34)16-36-26(39)25-24-4-2-1-3-20(24)17-37(25)12-11-35-10-9-18-5-7-23(38)8-6-18/h1-8,13-15,25,35,38H,9-12,16-17H2,(H,36,39). The molecule has 4 rings (SSSR count). The minimum Gasteiger partial charge on any atom is -0.508 e. The van der Waals surface area contributed by atoms with Crippen molar-refractivity contribution in [2.24, 2.45) is 0 Å². The van der Waals surface area contributed by atoms with Crippen molar-refractivity contribution in [3.05, 3.63) is 100 Å². The van der Waals surface area contributed by atoms with Crippen LogP contribution in [-0.2, 0) is 36.7 Å². The first kappa shape index (κ1) is 28.4. The van der Waals surface area contributed by atoms with Crippen LogP contribution in [0.25, 0.3) is 0 Å². The number of hydrogen-bond donors (Lipinski definition) is 3. The van der Waals surface area contributed by atoms with Gasteiger partial charge in [0.1, 0.15) is 11.8 Å². The SMILES string of the molecule is O=C(NCc1cc(C(F)(F)F)cc(C(F)(F)F)c1)C1c2ccccc2CN1CCNCCc1ccc(O)cc1. The third-order valence-electron chi connectivity index (χ3n) is 6.55. The van der Waals surface area contributed by atoms with Crippen molar-refractivity contribution >= 4 is 5.91 Å². The maximum Gasteiger partial charge on any atom is 0.416 e. The molecule has 0 saturated heterocycles. The summed E-state index contributed by atoms with van der Waals surface area (Å²) >= 11 is 0. The van der Waals surface area contributed by atoms with Gasteiger partial charge in [-0.1, -0.05) is 36.4 Å². The van der Waals surface area contributed by atoms with Crippen molar-refractivity contribution in [2.45, 2.75) is 37.9 Å². The highest BCUT2D eigenvalue weighted by Crippen LogP contribution is 2.37. The van der Waals surface area contributed by atoms with E-state index in [2.05, 4.69) is 10.6 Å². The van der Waals surface area contributed by atoms with E-state index < -0.39 is 42.0 Å². The highest BCUT2D eigenvalue weighted by atomic mass is 19.4. The third-order valence-corrected chi connectivity index (χ3v) is 6.55. The van der Waals surface area contributed by atoms with Crippen molar-refractivity contribution in [3.8, 4) is 5.75 Å². The molecule has 1 heterocycles. The van der Waals surface area contributed by atoms with Crippen LogP contribution in [0, 0.1) is 0 Å². The van der Waals surface area contributed by atoms with Gasteiger partial charge in [-0.25, -0.2) is 0 Å². The summed E-state index contributed by atoms with van der Waals surface area (Å²) in [5, 5.41) is 15.2. The number of phenols is 1. The van der Waals surface area contributed by atoms with Gasteiger partial charge >= 0.3 is 12.4 Å². The quantitative estimate of drug-likeness (QED) is 0.245. The fourth-order valence-electron chi connectivity index (χ4n) is 4.62. The van der Waals surface area contributed by atoms with Crippen molar-refractivity contribution in [1.82, 2.24) is 15.5 Å². The molecule has 39 heavy (non-hydrogen) atoms. The van der Waals surface area contributed by atoms with Crippen molar-refractivity contribution in [1.29, 1.82) is 0 Å². The molecule has 5 nitrogen and oxygen atoms in total. The number of carbonyl (C=O) groups is 1. The van der Waals surface area contributed by atoms with Gasteiger partial charge in [-0.05, 0) is 65.6 Å². The molecule has 1 aliphatic rings. The van der Waals surface area contributed by atoms with Crippen LogP contribution in [0.4, 0.5) is 26.3 Å². The average molecular weight is 552 g/mol. The van der Waals surface area contributed by atoms with Gasteiger partial charge in [-0.2, -0.15) is 26.3 Å². The Balaban J connectivity index is 1.40. The number of benzene rings is 3. The second-order valence-corrected chi connectivity index (χ2v) is 9.37. The van der Waals surface area contributed by atoms with E-state index in [1.165, 1.54) is 0 Å². The van der Waals surface area contributed by atoms with Crippen LogP contribution < -0.4 is 10.6 Å². The van der Waals surface area contributed by atoms with Gasteiger partial charge in [-0.15, -0.1) is 0 Å². The molecular weight excluding hydrogens is 524 g/mol. The second-order valence-electron chi connectivity index (χ2n) is 9.37. The van der Waals surface area contributed by atoms with Gasteiger partial charge in [-0.3, -0.25) is 9.69 Å². The summed E-state index contributed by atoms with van der Waals surface area (Å²) in [7, 11) is 0. The lowest BCUT2D eigenvalue weighted by atomic mass is 10.0. The van der Waals surface area contributed by atoms with Gasteiger partial charge in [0.2, 0.25) is 5.91 Å². The summed E-state index contributed by atoms with van der Waals surface area (Å²) in [5.74, 6) is -0.312. The van der Waals surface area contributed by atoms with Crippen LogP contribution in [0.5, 0.6) is 5.75 Å². The van der Waals surface area contributed by atoms with E-state index in [-0.39, 0.29) is 17.4 Å².